The Bertz CT molecular complexity index is 956. The zero-order valence-corrected chi connectivity index (χ0v) is 13.6. The van der Waals surface area contributed by atoms with Crippen LogP contribution in [-0.4, -0.2) is 15.5 Å². The molecule has 7 nitrogen and oxygen atoms in total. The van der Waals surface area contributed by atoms with Crippen LogP contribution in [0.3, 0.4) is 0 Å². The summed E-state index contributed by atoms with van der Waals surface area (Å²) in [5.41, 5.74) is 1.31. The summed E-state index contributed by atoms with van der Waals surface area (Å²) in [6.45, 7) is 3.64. The van der Waals surface area contributed by atoms with E-state index in [1.54, 1.807) is 37.4 Å². The van der Waals surface area contributed by atoms with Crippen LogP contribution in [0.25, 0.3) is 11.2 Å². The van der Waals surface area contributed by atoms with Crippen molar-refractivity contribution in [3.05, 3.63) is 47.1 Å². The molecular formula is C17H17N3O4. The Hall–Kier alpha value is -3.09. The number of benzene rings is 1. The largest absolute Gasteiger partial charge is 0.453 e. The lowest BCUT2D eigenvalue weighted by Gasteiger charge is -2.10. The smallest absolute Gasteiger partial charge is 0.421 e. The third kappa shape index (κ3) is 3.01. The molecule has 0 atom stereocenters. The maximum atomic E-state index is 11.8. The number of amides is 1. The van der Waals surface area contributed by atoms with Crippen LogP contribution in [0.15, 0.2) is 45.7 Å². The number of hydrogen-bond donors (Lipinski definition) is 1. The number of hydrogen-bond acceptors (Lipinski definition) is 5. The summed E-state index contributed by atoms with van der Waals surface area (Å²) >= 11 is 0. The molecule has 0 saturated heterocycles. The SMILES string of the molecule is CC(C)C(=O)Nc1cccc(Oc2ccnc3c2oc(=O)n3C)c1. The summed E-state index contributed by atoms with van der Waals surface area (Å²) in [4.78, 5) is 27.5. The summed E-state index contributed by atoms with van der Waals surface area (Å²) in [6, 6.07) is 8.61. The van der Waals surface area contributed by atoms with Gasteiger partial charge in [0.2, 0.25) is 11.5 Å². The van der Waals surface area contributed by atoms with Crippen molar-refractivity contribution in [3.63, 3.8) is 0 Å². The lowest BCUT2D eigenvalue weighted by atomic mass is 10.2. The van der Waals surface area contributed by atoms with Crippen LogP contribution in [0.1, 0.15) is 13.8 Å². The average molecular weight is 327 g/mol. The molecule has 0 saturated carbocycles. The predicted molar refractivity (Wildman–Crippen MR) is 89.2 cm³/mol. The maximum absolute atomic E-state index is 11.8. The number of nitrogens with zero attached hydrogens (tertiary/aromatic N) is 2. The second kappa shape index (κ2) is 6.19. The number of aryl methyl sites for hydroxylation is 1. The van der Waals surface area contributed by atoms with E-state index in [4.69, 9.17) is 9.15 Å². The minimum atomic E-state index is -0.508. The van der Waals surface area contributed by atoms with Crippen LogP contribution in [0, 0.1) is 5.92 Å². The van der Waals surface area contributed by atoms with Crippen molar-refractivity contribution in [3.8, 4) is 11.5 Å². The summed E-state index contributed by atoms with van der Waals surface area (Å²) in [5, 5.41) is 2.81. The Morgan fingerprint density at radius 2 is 2.12 bits per heavy atom. The van der Waals surface area contributed by atoms with Crippen molar-refractivity contribution in [1.29, 1.82) is 0 Å². The molecule has 1 aromatic carbocycles. The Labute approximate surface area is 137 Å². The molecule has 2 aromatic heterocycles. The number of carbonyl (C=O) groups excluding carboxylic acids is 1. The monoisotopic (exact) mass is 327 g/mol. The van der Waals surface area contributed by atoms with Crippen molar-refractivity contribution in [1.82, 2.24) is 9.55 Å². The van der Waals surface area contributed by atoms with Gasteiger partial charge in [0, 0.05) is 37.0 Å². The maximum Gasteiger partial charge on any atom is 0.421 e. The number of nitrogens with one attached hydrogen (secondary N) is 1. The second-order valence-electron chi connectivity index (χ2n) is 5.66. The number of aromatic nitrogens is 2. The van der Waals surface area contributed by atoms with Gasteiger partial charge in [-0.05, 0) is 12.1 Å². The molecule has 1 N–H and O–H groups in total. The topological polar surface area (TPSA) is 86.4 Å². The Morgan fingerprint density at radius 3 is 2.88 bits per heavy atom. The molecule has 7 heteroatoms. The van der Waals surface area contributed by atoms with Gasteiger partial charge in [0.25, 0.3) is 0 Å². The molecule has 0 radical (unpaired) electrons. The van der Waals surface area contributed by atoms with Gasteiger partial charge in [-0.25, -0.2) is 9.78 Å². The van der Waals surface area contributed by atoms with Crippen molar-refractivity contribution in [2.24, 2.45) is 13.0 Å². The quantitative estimate of drug-likeness (QED) is 0.796. The molecule has 3 rings (SSSR count). The van der Waals surface area contributed by atoms with Gasteiger partial charge < -0.3 is 14.5 Å². The van der Waals surface area contributed by atoms with Crippen LogP contribution < -0.4 is 15.8 Å². The summed E-state index contributed by atoms with van der Waals surface area (Å²) < 4.78 is 12.3. The lowest BCUT2D eigenvalue weighted by molar-refractivity contribution is -0.118. The number of ether oxygens (including phenoxy) is 1. The fourth-order valence-electron chi connectivity index (χ4n) is 2.13. The van der Waals surface area contributed by atoms with Crippen molar-refractivity contribution >= 4 is 22.8 Å². The molecule has 3 aromatic rings. The molecule has 0 aliphatic carbocycles. The molecule has 1 amide bonds. The van der Waals surface area contributed by atoms with E-state index in [0.717, 1.165) is 0 Å². The highest BCUT2D eigenvalue weighted by Gasteiger charge is 2.14. The first-order chi connectivity index (χ1) is 11.5. The molecule has 24 heavy (non-hydrogen) atoms. The number of fused-ring (bicyclic) bond motifs is 1. The van der Waals surface area contributed by atoms with E-state index < -0.39 is 5.76 Å². The first-order valence-electron chi connectivity index (χ1n) is 7.49. The van der Waals surface area contributed by atoms with Gasteiger partial charge in [-0.1, -0.05) is 19.9 Å². The van der Waals surface area contributed by atoms with Crippen LogP contribution in [0.4, 0.5) is 5.69 Å². The van der Waals surface area contributed by atoms with E-state index >= 15 is 0 Å². The number of rotatable bonds is 4. The first-order valence-corrected chi connectivity index (χ1v) is 7.49. The summed E-state index contributed by atoms with van der Waals surface area (Å²) in [5.74, 6) is 0.188. The molecule has 0 aliphatic heterocycles. The Kier molecular flexibility index (Phi) is 4.07. The number of pyridine rings is 1. The highest BCUT2D eigenvalue weighted by Crippen LogP contribution is 2.29. The van der Waals surface area contributed by atoms with E-state index in [1.807, 2.05) is 13.8 Å². The van der Waals surface area contributed by atoms with Crippen LogP contribution in [-0.2, 0) is 11.8 Å². The zero-order valence-electron chi connectivity index (χ0n) is 13.6. The van der Waals surface area contributed by atoms with Gasteiger partial charge in [-0.3, -0.25) is 9.36 Å². The average Bonchev–Trinajstić information content (AvgIpc) is 2.84. The first kappa shape index (κ1) is 15.8. The standard InChI is InChI=1S/C17H17N3O4/c1-10(2)16(21)19-11-5-4-6-12(9-11)23-13-7-8-18-15-14(13)24-17(22)20(15)3/h4-10H,1-3H3,(H,19,21). The molecule has 2 heterocycles. The number of carbonyl (C=O) groups is 1. The van der Waals surface area contributed by atoms with Gasteiger partial charge in [0.15, 0.2) is 11.4 Å². The van der Waals surface area contributed by atoms with Gasteiger partial charge in [-0.2, -0.15) is 0 Å². The molecule has 0 fully saturated rings. The van der Waals surface area contributed by atoms with Gasteiger partial charge in [0.05, 0.1) is 0 Å². The third-order valence-corrected chi connectivity index (χ3v) is 3.48. The van der Waals surface area contributed by atoms with Gasteiger partial charge >= 0.3 is 5.76 Å². The fourth-order valence-corrected chi connectivity index (χ4v) is 2.13. The predicted octanol–water partition coefficient (Wildman–Crippen LogP) is 2.91. The number of oxazole rings is 1. The van der Waals surface area contributed by atoms with E-state index in [2.05, 4.69) is 10.3 Å². The number of anilines is 1. The third-order valence-electron chi connectivity index (χ3n) is 3.48. The lowest BCUT2D eigenvalue weighted by Crippen LogP contribution is -2.17. The highest BCUT2D eigenvalue weighted by molar-refractivity contribution is 5.92. The van der Waals surface area contributed by atoms with Crippen LogP contribution in [0.2, 0.25) is 0 Å². The minimum absolute atomic E-state index is 0.0764. The molecule has 0 spiro atoms. The minimum Gasteiger partial charge on any atom is -0.453 e. The fraction of sp³-hybridized carbons (Fsp3) is 0.235. The summed E-state index contributed by atoms with van der Waals surface area (Å²) in [6.07, 6.45) is 1.54. The van der Waals surface area contributed by atoms with Gasteiger partial charge in [-0.15, -0.1) is 0 Å². The molecular weight excluding hydrogens is 310 g/mol. The highest BCUT2D eigenvalue weighted by atomic mass is 16.5. The second-order valence-corrected chi connectivity index (χ2v) is 5.66. The zero-order chi connectivity index (χ0) is 17.3. The van der Waals surface area contributed by atoms with Crippen LogP contribution in [0.5, 0.6) is 11.5 Å². The van der Waals surface area contributed by atoms with Crippen LogP contribution >= 0.6 is 0 Å². The van der Waals surface area contributed by atoms with Gasteiger partial charge in [0.1, 0.15) is 5.75 Å². The molecule has 124 valence electrons. The molecule has 0 unspecified atom stereocenters. The van der Waals surface area contributed by atoms with Crippen molar-refractivity contribution in [2.75, 3.05) is 5.32 Å². The van der Waals surface area contributed by atoms with E-state index in [1.165, 1.54) is 10.8 Å². The molecule has 0 aliphatic rings. The normalized spacial score (nSPS) is 11.0. The summed E-state index contributed by atoms with van der Waals surface area (Å²) in [7, 11) is 1.58. The van der Waals surface area contributed by atoms with Crippen molar-refractivity contribution in [2.45, 2.75) is 13.8 Å². The Morgan fingerprint density at radius 1 is 1.33 bits per heavy atom. The van der Waals surface area contributed by atoms with E-state index in [-0.39, 0.29) is 17.4 Å². The van der Waals surface area contributed by atoms with E-state index in [0.29, 0.717) is 22.8 Å². The molecule has 0 bridgehead atoms. The van der Waals surface area contributed by atoms with Crippen molar-refractivity contribution < 1.29 is 13.9 Å². The Balaban J connectivity index is 1.91. The van der Waals surface area contributed by atoms with E-state index in [9.17, 15) is 9.59 Å².